The number of allylic oxidation sites excluding steroid dienone is 1. The molecule has 0 atom stereocenters. The van der Waals surface area contributed by atoms with Crippen LogP contribution in [0.4, 0.5) is 0 Å². The molecule has 2 rings (SSSR count). The van der Waals surface area contributed by atoms with Crippen molar-refractivity contribution in [2.24, 2.45) is 10.9 Å². The maximum Gasteiger partial charge on any atom is 0.0569 e. The van der Waals surface area contributed by atoms with Crippen LogP contribution in [0, 0.1) is 5.92 Å². The van der Waals surface area contributed by atoms with Gasteiger partial charge in [0.2, 0.25) is 0 Å². The van der Waals surface area contributed by atoms with E-state index in [4.69, 9.17) is 0 Å². The molecule has 0 aromatic carbocycles. The van der Waals surface area contributed by atoms with Gasteiger partial charge >= 0.3 is 0 Å². The number of dihydropyridines is 1. The quantitative estimate of drug-likeness (QED) is 0.430. The van der Waals surface area contributed by atoms with Crippen LogP contribution >= 0.6 is 0 Å². The Morgan fingerprint density at radius 2 is 1.85 bits per heavy atom. The van der Waals surface area contributed by atoms with Crippen LogP contribution in [0.1, 0.15) is 44.9 Å². The van der Waals surface area contributed by atoms with Gasteiger partial charge in [0.25, 0.3) is 0 Å². The summed E-state index contributed by atoms with van der Waals surface area (Å²) in [7, 11) is 0. The highest BCUT2D eigenvalue weighted by atomic mass is 14.7. The Morgan fingerprint density at radius 1 is 1.08 bits per heavy atom. The third-order valence-electron chi connectivity index (χ3n) is 3.29. The lowest BCUT2D eigenvalue weighted by atomic mass is 9.89. The predicted octanol–water partition coefficient (Wildman–Crippen LogP) is 3.36. The topological polar surface area (TPSA) is 12.4 Å². The maximum absolute atomic E-state index is 4.24. The first kappa shape index (κ1) is 8.98. The second kappa shape index (κ2) is 4.59. The van der Waals surface area contributed by atoms with Gasteiger partial charge in [-0.1, -0.05) is 37.3 Å². The second-order valence-corrected chi connectivity index (χ2v) is 4.22. The van der Waals surface area contributed by atoms with Crippen molar-refractivity contribution < 1.29 is 0 Å². The van der Waals surface area contributed by atoms with Crippen molar-refractivity contribution in [1.82, 2.24) is 0 Å². The summed E-state index contributed by atoms with van der Waals surface area (Å²) < 4.78 is 0. The lowest BCUT2D eigenvalue weighted by molar-refractivity contribution is 0.522. The first-order valence-electron chi connectivity index (χ1n) is 5.64. The van der Waals surface area contributed by atoms with Gasteiger partial charge in [0.05, 0.1) is 6.54 Å². The van der Waals surface area contributed by atoms with E-state index in [0.717, 1.165) is 18.9 Å². The number of hydrogen-bond donors (Lipinski definition) is 0. The SMILES string of the molecule is C1=NCC=C(C2CCCCCC2)C1. The lowest BCUT2D eigenvalue weighted by Gasteiger charge is -2.18. The summed E-state index contributed by atoms with van der Waals surface area (Å²) in [6, 6.07) is 0. The van der Waals surface area contributed by atoms with Crippen molar-refractivity contribution in [3.63, 3.8) is 0 Å². The number of nitrogens with zero attached hydrogens (tertiary/aromatic N) is 1. The van der Waals surface area contributed by atoms with E-state index in [2.05, 4.69) is 17.3 Å². The molecule has 0 aromatic heterocycles. The summed E-state index contributed by atoms with van der Waals surface area (Å²) in [6.45, 7) is 0.936. The molecule has 0 unspecified atom stereocenters. The van der Waals surface area contributed by atoms with Crippen LogP contribution in [0.3, 0.4) is 0 Å². The molecule has 13 heavy (non-hydrogen) atoms. The minimum Gasteiger partial charge on any atom is -0.293 e. The number of aliphatic imine (C=N–C) groups is 1. The molecule has 0 radical (unpaired) electrons. The van der Waals surface area contributed by atoms with E-state index < -0.39 is 0 Å². The molecule has 1 saturated carbocycles. The molecule has 0 N–H and O–H groups in total. The zero-order valence-electron chi connectivity index (χ0n) is 8.34. The van der Waals surface area contributed by atoms with Crippen molar-refractivity contribution >= 4 is 6.21 Å². The Kier molecular flexibility index (Phi) is 3.17. The lowest BCUT2D eigenvalue weighted by Crippen LogP contribution is -2.07. The highest BCUT2D eigenvalue weighted by Crippen LogP contribution is 2.30. The molecule has 1 aliphatic carbocycles. The molecular formula is C12H19N. The molecule has 0 aromatic rings. The Morgan fingerprint density at radius 3 is 2.46 bits per heavy atom. The van der Waals surface area contributed by atoms with Crippen LogP contribution < -0.4 is 0 Å². The number of hydrogen-bond acceptors (Lipinski definition) is 1. The Labute approximate surface area is 80.9 Å². The van der Waals surface area contributed by atoms with Crippen LogP contribution in [-0.2, 0) is 0 Å². The summed E-state index contributed by atoms with van der Waals surface area (Å²) in [5, 5.41) is 0. The number of rotatable bonds is 1. The fraction of sp³-hybridized carbons (Fsp3) is 0.750. The van der Waals surface area contributed by atoms with Gasteiger partial charge < -0.3 is 0 Å². The Balaban J connectivity index is 1.93. The molecule has 1 heterocycles. The van der Waals surface area contributed by atoms with Crippen molar-refractivity contribution in [3.05, 3.63) is 11.6 Å². The van der Waals surface area contributed by atoms with Gasteiger partial charge in [-0.05, 0) is 18.8 Å². The zero-order chi connectivity index (χ0) is 8.93. The summed E-state index contributed by atoms with van der Waals surface area (Å²) in [4.78, 5) is 4.24. The molecule has 0 spiro atoms. The van der Waals surface area contributed by atoms with E-state index in [1.54, 1.807) is 5.57 Å². The fourth-order valence-electron chi connectivity index (χ4n) is 2.48. The van der Waals surface area contributed by atoms with Crippen LogP contribution in [0.5, 0.6) is 0 Å². The van der Waals surface area contributed by atoms with E-state index in [1.807, 2.05) is 0 Å². The third-order valence-corrected chi connectivity index (χ3v) is 3.29. The Hall–Kier alpha value is -0.590. The van der Waals surface area contributed by atoms with Gasteiger partial charge in [-0.15, -0.1) is 0 Å². The second-order valence-electron chi connectivity index (χ2n) is 4.22. The average Bonchev–Trinajstić information content (AvgIpc) is 2.47. The molecule has 2 aliphatic rings. The van der Waals surface area contributed by atoms with Gasteiger partial charge in [-0.25, -0.2) is 0 Å². The molecular weight excluding hydrogens is 158 g/mol. The molecule has 0 amide bonds. The minimum atomic E-state index is 0.897. The first-order chi connectivity index (χ1) is 6.47. The van der Waals surface area contributed by atoms with Crippen LogP contribution in [0.25, 0.3) is 0 Å². The normalized spacial score (nSPS) is 25.4. The van der Waals surface area contributed by atoms with Crippen LogP contribution in [0.2, 0.25) is 0 Å². The molecule has 0 saturated heterocycles. The molecule has 1 aliphatic heterocycles. The zero-order valence-corrected chi connectivity index (χ0v) is 8.34. The van der Waals surface area contributed by atoms with Gasteiger partial charge in [-0.2, -0.15) is 0 Å². The Bertz CT molecular complexity index is 207. The molecule has 72 valence electrons. The third kappa shape index (κ3) is 2.43. The van der Waals surface area contributed by atoms with Crippen LogP contribution in [0.15, 0.2) is 16.6 Å². The van der Waals surface area contributed by atoms with Gasteiger partial charge in [0, 0.05) is 12.6 Å². The van der Waals surface area contributed by atoms with Gasteiger partial charge in [-0.3, -0.25) is 4.99 Å². The monoisotopic (exact) mass is 177 g/mol. The summed E-state index contributed by atoms with van der Waals surface area (Å²) >= 11 is 0. The van der Waals surface area contributed by atoms with Crippen molar-refractivity contribution in [2.45, 2.75) is 44.9 Å². The fourth-order valence-corrected chi connectivity index (χ4v) is 2.48. The van der Waals surface area contributed by atoms with Crippen molar-refractivity contribution in [3.8, 4) is 0 Å². The highest BCUT2D eigenvalue weighted by molar-refractivity contribution is 5.63. The van der Waals surface area contributed by atoms with E-state index in [9.17, 15) is 0 Å². The molecule has 0 bridgehead atoms. The largest absolute Gasteiger partial charge is 0.293 e. The van der Waals surface area contributed by atoms with Gasteiger partial charge in [0.15, 0.2) is 0 Å². The smallest absolute Gasteiger partial charge is 0.0569 e. The van der Waals surface area contributed by atoms with E-state index in [1.165, 1.54) is 38.5 Å². The summed E-state index contributed by atoms with van der Waals surface area (Å²) in [5.41, 5.74) is 1.68. The molecule has 1 fully saturated rings. The van der Waals surface area contributed by atoms with E-state index >= 15 is 0 Å². The van der Waals surface area contributed by atoms with Crippen molar-refractivity contribution in [2.75, 3.05) is 6.54 Å². The van der Waals surface area contributed by atoms with Crippen LogP contribution in [-0.4, -0.2) is 12.8 Å². The van der Waals surface area contributed by atoms with Crippen molar-refractivity contribution in [1.29, 1.82) is 0 Å². The average molecular weight is 177 g/mol. The highest BCUT2D eigenvalue weighted by Gasteiger charge is 2.16. The van der Waals surface area contributed by atoms with Gasteiger partial charge in [0.1, 0.15) is 0 Å². The molecule has 1 heteroatoms. The summed E-state index contributed by atoms with van der Waals surface area (Å²) in [5.74, 6) is 0.897. The minimum absolute atomic E-state index is 0.897. The summed E-state index contributed by atoms with van der Waals surface area (Å²) in [6.07, 6.45) is 14.2. The standard InChI is InChI=1S/C12H19N/c1-2-4-6-11(5-3-1)12-7-9-13-10-8-12/h7,10-11H,1-6,8-9H2. The van der Waals surface area contributed by atoms with E-state index in [0.29, 0.717) is 0 Å². The maximum atomic E-state index is 4.24. The predicted molar refractivity (Wildman–Crippen MR) is 57.3 cm³/mol. The molecule has 1 nitrogen and oxygen atoms in total. The first-order valence-corrected chi connectivity index (χ1v) is 5.64. The van der Waals surface area contributed by atoms with E-state index in [-0.39, 0.29) is 0 Å².